The van der Waals surface area contributed by atoms with Crippen LogP contribution in [0.2, 0.25) is 0 Å². The van der Waals surface area contributed by atoms with Gasteiger partial charge in [0, 0.05) is 33.9 Å². The average molecular weight is 384 g/mol. The van der Waals surface area contributed by atoms with Crippen molar-refractivity contribution in [2.75, 3.05) is 0 Å². The van der Waals surface area contributed by atoms with Gasteiger partial charge < -0.3 is 5.73 Å². The van der Waals surface area contributed by atoms with E-state index in [0.29, 0.717) is 38.8 Å². The molecule has 3 rings (SSSR count). The maximum absolute atomic E-state index is 14.0. The molecule has 2 aromatic heterocycles. The minimum Gasteiger partial charge on any atom is -0.402 e. The number of fused-ring (bicyclic) bond motifs is 3. The molecule has 0 aliphatic rings. The molecule has 0 radical (unpaired) electrons. The molecule has 148 valence electrons. The van der Waals surface area contributed by atoms with E-state index in [1.807, 2.05) is 53.7 Å². The second-order valence-corrected chi connectivity index (χ2v) is 9.11. The lowest BCUT2D eigenvalue weighted by atomic mass is 9.92. The number of hydrogen-bond donors (Lipinski definition) is 1. The second-order valence-electron chi connectivity index (χ2n) is 9.11. The highest BCUT2D eigenvalue weighted by molar-refractivity contribution is 5.81. The molecule has 28 heavy (non-hydrogen) atoms. The third-order valence-electron chi connectivity index (χ3n) is 4.67. The summed E-state index contributed by atoms with van der Waals surface area (Å²) in [5, 5.41) is 1.20. The smallest absolute Gasteiger partial charge is 0.161 e. The summed E-state index contributed by atoms with van der Waals surface area (Å²) in [6.45, 7) is 16.1. The van der Waals surface area contributed by atoms with E-state index in [0.717, 1.165) is 12.1 Å². The molecule has 0 fully saturated rings. The minimum atomic E-state index is -0.932. The van der Waals surface area contributed by atoms with Crippen molar-refractivity contribution in [3.05, 3.63) is 51.9 Å². The Morgan fingerprint density at radius 3 is 2.25 bits per heavy atom. The van der Waals surface area contributed by atoms with E-state index in [4.69, 9.17) is 5.73 Å². The molecular weight excluding hydrogens is 358 g/mol. The predicted molar refractivity (Wildman–Crippen MR) is 110 cm³/mol. The summed E-state index contributed by atoms with van der Waals surface area (Å²) >= 11 is 0. The first kappa shape index (κ1) is 20.0. The molecule has 2 heterocycles. The maximum Gasteiger partial charge on any atom is 0.161 e. The van der Waals surface area contributed by atoms with Gasteiger partial charge in [-0.05, 0) is 12.2 Å². The van der Waals surface area contributed by atoms with Crippen LogP contribution in [0.25, 0.3) is 29.3 Å². The number of imidazole rings is 1. The number of benzene rings is 1. The second kappa shape index (κ2) is 6.40. The molecule has 0 atom stereocenters. The zero-order valence-corrected chi connectivity index (χ0v) is 17.2. The molecule has 0 aliphatic heterocycles. The first-order chi connectivity index (χ1) is 12.8. The topological polar surface area (TPSA) is 56.2 Å². The zero-order valence-electron chi connectivity index (χ0n) is 17.2. The summed E-state index contributed by atoms with van der Waals surface area (Å²) in [6, 6.07) is 2.27. The molecule has 1 aromatic carbocycles. The lowest BCUT2D eigenvalue weighted by molar-refractivity contribution is 0.498. The molecular formula is C22H26F2N4. The van der Waals surface area contributed by atoms with E-state index in [2.05, 4.69) is 16.5 Å². The van der Waals surface area contributed by atoms with E-state index in [1.165, 1.54) is 0 Å². The summed E-state index contributed by atoms with van der Waals surface area (Å²) in [6.07, 6.45) is 3.62. The van der Waals surface area contributed by atoms with Crippen molar-refractivity contribution in [1.29, 1.82) is 0 Å². The summed E-state index contributed by atoms with van der Waals surface area (Å²) in [4.78, 5) is 9.25. The van der Waals surface area contributed by atoms with Crippen molar-refractivity contribution < 1.29 is 8.78 Å². The van der Waals surface area contributed by atoms with Gasteiger partial charge in [-0.2, -0.15) is 0 Å². The maximum atomic E-state index is 14.0. The quantitative estimate of drug-likeness (QED) is 0.698. The third kappa shape index (κ3) is 3.39. The van der Waals surface area contributed by atoms with Crippen LogP contribution >= 0.6 is 0 Å². The van der Waals surface area contributed by atoms with Gasteiger partial charge in [0.25, 0.3) is 0 Å². The summed E-state index contributed by atoms with van der Waals surface area (Å²) in [5.74, 6) is -1.18. The van der Waals surface area contributed by atoms with Crippen LogP contribution in [-0.4, -0.2) is 14.4 Å². The highest BCUT2D eigenvalue weighted by Crippen LogP contribution is 2.25. The number of halogens is 2. The number of rotatable bonds is 1. The predicted octanol–water partition coefficient (Wildman–Crippen LogP) is 3.54. The largest absolute Gasteiger partial charge is 0.402 e. The lowest BCUT2D eigenvalue weighted by Crippen LogP contribution is -2.35. The van der Waals surface area contributed by atoms with E-state index in [1.54, 1.807) is 4.40 Å². The summed E-state index contributed by atoms with van der Waals surface area (Å²) in [7, 11) is 0. The van der Waals surface area contributed by atoms with Gasteiger partial charge in [-0.25, -0.2) is 18.7 Å². The molecule has 0 unspecified atom stereocenters. The third-order valence-corrected chi connectivity index (χ3v) is 4.67. The van der Waals surface area contributed by atoms with Gasteiger partial charge in [-0.1, -0.05) is 48.1 Å². The Labute approximate surface area is 163 Å². The van der Waals surface area contributed by atoms with Crippen LogP contribution in [0.4, 0.5) is 8.78 Å². The fraction of sp³-hybridized carbons (Fsp3) is 0.364. The van der Waals surface area contributed by atoms with Crippen LogP contribution in [0, 0.1) is 17.0 Å². The molecule has 6 heteroatoms. The van der Waals surface area contributed by atoms with Gasteiger partial charge in [0.15, 0.2) is 11.6 Å². The minimum absolute atomic E-state index is 0.195. The van der Waals surface area contributed by atoms with E-state index >= 15 is 0 Å². The molecule has 0 aliphatic carbocycles. The van der Waals surface area contributed by atoms with Crippen LogP contribution in [0.15, 0.2) is 23.9 Å². The zero-order chi connectivity index (χ0) is 21.0. The van der Waals surface area contributed by atoms with Crippen molar-refractivity contribution in [2.24, 2.45) is 11.1 Å². The number of nitrogens with zero attached hydrogens (tertiary/aromatic N) is 3. The van der Waals surface area contributed by atoms with Crippen molar-refractivity contribution in [3.8, 4) is 0 Å². The van der Waals surface area contributed by atoms with Gasteiger partial charge in [0.1, 0.15) is 11.5 Å². The molecule has 4 nitrogen and oxygen atoms in total. The molecule has 0 saturated carbocycles. The van der Waals surface area contributed by atoms with Crippen LogP contribution in [-0.2, 0) is 5.41 Å². The highest BCUT2D eigenvalue weighted by Gasteiger charge is 2.23. The fourth-order valence-corrected chi connectivity index (χ4v) is 2.93. The Kier molecular flexibility index (Phi) is 4.57. The van der Waals surface area contributed by atoms with Crippen LogP contribution in [0.5, 0.6) is 0 Å². The standard InChI is InChI=1S/C22H26F2N4/c1-12-13(8-9-18(25)21(2,3)4)19-27-16-10-14(23)15(24)11-17(16)28(19)20(26-12)22(5,6)7/h8-11H,1,25H2,2-7H3/b13-8+,18-9-. The van der Waals surface area contributed by atoms with E-state index in [-0.39, 0.29) is 10.8 Å². The fourth-order valence-electron chi connectivity index (χ4n) is 2.93. The molecule has 0 amide bonds. The Morgan fingerprint density at radius 2 is 1.68 bits per heavy atom. The Morgan fingerprint density at radius 1 is 1.07 bits per heavy atom. The van der Waals surface area contributed by atoms with Crippen molar-refractivity contribution >= 4 is 29.3 Å². The summed E-state index contributed by atoms with van der Waals surface area (Å²) in [5.41, 5.74) is 7.68. The van der Waals surface area contributed by atoms with Crippen molar-refractivity contribution in [3.63, 3.8) is 0 Å². The van der Waals surface area contributed by atoms with Gasteiger partial charge >= 0.3 is 0 Å². The average Bonchev–Trinajstić information content (AvgIpc) is 2.89. The number of hydrogen-bond acceptors (Lipinski definition) is 3. The molecule has 0 bridgehead atoms. The van der Waals surface area contributed by atoms with E-state index in [9.17, 15) is 8.78 Å². The van der Waals surface area contributed by atoms with Crippen molar-refractivity contribution in [2.45, 2.75) is 47.0 Å². The summed E-state index contributed by atoms with van der Waals surface area (Å²) < 4.78 is 29.5. The van der Waals surface area contributed by atoms with Crippen LogP contribution in [0.3, 0.4) is 0 Å². The highest BCUT2D eigenvalue weighted by atomic mass is 19.2. The number of allylic oxidation sites excluding steroid dienone is 2. The van der Waals surface area contributed by atoms with Gasteiger partial charge in [0.05, 0.1) is 16.4 Å². The normalized spacial score (nSPS) is 14.4. The molecule has 2 N–H and O–H groups in total. The van der Waals surface area contributed by atoms with Gasteiger partial charge in [-0.3, -0.25) is 4.40 Å². The number of aromatic nitrogens is 3. The van der Waals surface area contributed by atoms with Gasteiger partial charge in [-0.15, -0.1) is 0 Å². The van der Waals surface area contributed by atoms with Crippen molar-refractivity contribution in [1.82, 2.24) is 14.4 Å². The SMILES string of the molecule is C=c1nc(C(C)(C)C)n2c(nc3cc(F)c(F)cc32)/c1=C/C=C(\N)C(C)(C)C. The number of nitrogens with two attached hydrogens (primary N) is 1. The Bertz CT molecular complexity index is 1220. The van der Waals surface area contributed by atoms with Gasteiger partial charge in [0.2, 0.25) is 0 Å². The first-order valence-corrected chi connectivity index (χ1v) is 9.15. The lowest BCUT2D eigenvalue weighted by Gasteiger charge is -2.20. The molecule has 0 saturated heterocycles. The van der Waals surface area contributed by atoms with Crippen LogP contribution in [0.1, 0.15) is 47.4 Å². The van der Waals surface area contributed by atoms with E-state index < -0.39 is 11.6 Å². The molecule has 3 aromatic rings. The Hall–Kier alpha value is -2.76. The van der Waals surface area contributed by atoms with Crippen LogP contribution < -0.4 is 16.3 Å². The first-order valence-electron chi connectivity index (χ1n) is 9.15. The monoisotopic (exact) mass is 384 g/mol. The Balaban J connectivity index is 2.52. The molecule has 0 spiro atoms.